The van der Waals surface area contributed by atoms with Gasteiger partial charge in [-0.25, -0.2) is 9.97 Å². The van der Waals surface area contributed by atoms with Gasteiger partial charge >= 0.3 is 5.69 Å². The quantitative estimate of drug-likeness (QED) is 0.555. The molecular weight excluding hydrogens is 198 g/mol. The lowest BCUT2D eigenvalue weighted by atomic mass is 10.1. The van der Waals surface area contributed by atoms with E-state index < -0.39 is 4.92 Å². The van der Waals surface area contributed by atoms with Crippen molar-refractivity contribution >= 4 is 11.6 Å². The first-order valence-corrected chi connectivity index (χ1v) is 4.39. The average Bonchev–Trinajstić information content (AvgIpc) is 2.18. The number of rotatable bonds is 4. The molecule has 0 radical (unpaired) electrons. The summed E-state index contributed by atoms with van der Waals surface area (Å²) in [6.07, 6.45) is 2.31. The molecule has 0 aromatic carbocycles. The Labute approximate surface area is 86.9 Å². The summed E-state index contributed by atoms with van der Waals surface area (Å²) < 4.78 is 0. The van der Waals surface area contributed by atoms with E-state index in [1.165, 1.54) is 0 Å². The van der Waals surface area contributed by atoms with Crippen molar-refractivity contribution in [1.29, 1.82) is 0 Å². The molecule has 0 saturated carbocycles. The summed E-state index contributed by atoms with van der Waals surface area (Å²) in [5.41, 5.74) is 5.04. The number of nitrogens with two attached hydrogens (primary N) is 1. The van der Waals surface area contributed by atoms with Crippen molar-refractivity contribution in [2.75, 3.05) is 11.9 Å². The topological polar surface area (TPSA) is 107 Å². The van der Waals surface area contributed by atoms with Gasteiger partial charge in [-0.15, -0.1) is 0 Å². The largest absolute Gasteiger partial charge is 0.348 e. The minimum Gasteiger partial charge on any atom is -0.348 e. The Morgan fingerprint density at radius 1 is 1.53 bits per heavy atom. The summed E-state index contributed by atoms with van der Waals surface area (Å²) >= 11 is 0. The number of nitrogens with one attached hydrogen (secondary N) is 1. The number of anilines is 1. The zero-order chi connectivity index (χ0) is 11.5. The molecule has 15 heavy (non-hydrogen) atoms. The molecule has 0 saturated heterocycles. The summed E-state index contributed by atoms with van der Waals surface area (Å²) in [6, 6.07) is 0. The summed E-state index contributed by atoms with van der Waals surface area (Å²) in [4.78, 5) is 17.4. The fourth-order valence-corrected chi connectivity index (χ4v) is 0.834. The molecule has 1 rings (SSSR count). The van der Waals surface area contributed by atoms with Crippen LogP contribution in [0.2, 0.25) is 0 Å². The van der Waals surface area contributed by atoms with Crippen molar-refractivity contribution in [2.24, 2.45) is 5.73 Å². The molecular formula is C8H13N5O2. The molecule has 7 heteroatoms. The smallest absolute Gasteiger partial charge is 0.305 e. The molecule has 0 spiro atoms. The molecule has 1 aromatic rings. The summed E-state index contributed by atoms with van der Waals surface area (Å²) in [5, 5.41) is 13.3. The first kappa shape index (κ1) is 11.3. The molecule has 0 atom stereocenters. The molecule has 0 aliphatic rings. The fourth-order valence-electron chi connectivity index (χ4n) is 0.834. The van der Waals surface area contributed by atoms with Crippen LogP contribution in [0, 0.1) is 10.1 Å². The van der Waals surface area contributed by atoms with Crippen LogP contribution in [0.3, 0.4) is 0 Å². The van der Waals surface area contributed by atoms with E-state index in [1.54, 1.807) is 0 Å². The molecule has 7 nitrogen and oxygen atoms in total. The summed E-state index contributed by atoms with van der Waals surface area (Å²) in [5.74, 6) is 0.330. The Bertz CT molecular complexity index is 349. The van der Waals surface area contributed by atoms with Crippen molar-refractivity contribution in [3.8, 4) is 0 Å². The van der Waals surface area contributed by atoms with Gasteiger partial charge in [-0.2, -0.15) is 0 Å². The SMILES string of the molecule is CC(C)(CN)Nc1ncc([N+](=O)[O-])cn1. The van der Waals surface area contributed by atoms with E-state index >= 15 is 0 Å². The number of nitro groups is 1. The maximum atomic E-state index is 10.3. The molecule has 0 aliphatic carbocycles. The number of hydrogen-bond donors (Lipinski definition) is 2. The normalized spacial score (nSPS) is 11.1. The highest BCUT2D eigenvalue weighted by atomic mass is 16.6. The summed E-state index contributed by atoms with van der Waals surface area (Å²) in [6.45, 7) is 4.18. The summed E-state index contributed by atoms with van der Waals surface area (Å²) in [7, 11) is 0. The van der Waals surface area contributed by atoms with Gasteiger partial charge in [-0.1, -0.05) is 0 Å². The second-order valence-corrected chi connectivity index (χ2v) is 3.73. The number of aromatic nitrogens is 2. The molecule has 1 aromatic heterocycles. The molecule has 0 unspecified atom stereocenters. The van der Waals surface area contributed by atoms with Crippen molar-refractivity contribution in [1.82, 2.24) is 9.97 Å². The van der Waals surface area contributed by atoms with Gasteiger partial charge in [-0.3, -0.25) is 10.1 Å². The number of nitrogens with zero attached hydrogens (tertiary/aromatic N) is 3. The lowest BCUT2D eigenvalue weighted by Crippen LogP contribution is -2.39. The van der Waals surface area contributed by atoms with Crippen LogP contribution in [0.4, 0.5) is 11.6 Å². The first-order valence-electron chi connectivity index (χ1n) is 4.39. The van der Waals surface area contributed by atoms with Crippen molar-refractivity contribution < 1.29 is 4.92 Å². The van der Waals surface area contributed by atoms with Crippen LogP contribution in [0.25, 0.3) is 0 Å². The standard InChI is InChI=1S/C8H13N5O2/c1-8(2,5-9)12-7-10-3-6(4-11-7)13(14)15/h3-4H,5,9H2,1-2H3,(H,10,11,12). The zero-order valence-corrected chi connectivity index (χ0v) is 8.60. The van der Waals surface area contributed by atoms with Crippen LogP contribution >= 0.6 is 0 Å². The third kappa shape index (κ3) is 3.13. The van der Waals surface area contributed by atoms with E-state index in [9.17, 15) is 10.1 Å². The molecule has 1 heterocycles. The molecule has 0 fully saturated rings. The highest BCUT2D eigenvalue weighted by Crippen LogP contribution is 2.12. The van der Waals surface area contributed by atoms with Crippen LogP contribution in [0.1, 0.15) is 13.8 Å². The maximum absolute atomic E-state index is 10.3. The Morgan fingerprint density at radius 3 is 2.47 bits per heavy atom. The van der Waals surface area contributed by atoms with Gasteiger partial charge < -0.3 is 11.1 Å². The Kier molecular flexibility index (Phi) is 3.15. The van der Waals surface area contributed by atoms with Gasteiger partial charge in [0.05, 0.1) is 4.92 Å². The van der Waals surface area contributed by atoms with Crippen LogP contribution in [-0.4, -0.2) is 27.0 Å². The van der Waals surface area contributed by atoms with Gasteiger partial charge in [0.15, 0.2) is 0 Å². The van der Waals surface area contributed by atoms with Gasteiger partial charge in [0, 0.05) is 12.1 Å². The van der Waals surface area contributed by atoms with E-state index in [1.807, 2.05) is 13.8 Å². The lowest BCUT2D eigenvalue weighted by Gasteiger charge is -2.23. The van der Waals surface area contributed by atoms with Crippen LogP contribution in [-0.2, 0) is 0 Å². The minimum absolute atomic E-state index is 0.133. The van der Waals surface area contributed by atoms with Gasteiger partial charge in [0.2, 0.25) is 5.95 Å². The molecule has 0 bridgehead atoms. The molecule has 0 amide bonds. The molecule has 0 aliphatic heterocycles. The minimum atomic E-state index is -0.544. The van der Waals surface area contributed by atoms with Crippen molar-refractivity contribution in [2.45, 2.75) is 19.4 Å². The van der Waals surface area contributed by atoms with Crippen LogP contribution < -0.4 is 11.1 Å². The predicted octanol–water partition coefficient (Wildman–Crippen LogP) is 0.534. The van der Waals surface area contributed by atoms with Crippen LogP contribution in [0.15, 0.2) is 12.4 Å². The van der Waals surface area contributed by atoms with Gasteiger partial charge in [0.1, 0.15) is 12.4 Å². The van der Waals surface area contributed by atoms with Gasteiger partial charge in [0.25, 0.3) is 0 Å². The Hall–Kier alpha value is -1.76. The van der Waals surface area contributed by atoms with E-state index in [-0.39, 0.29) is 11.2 Å². The molecule has 82 valence electrons. The van der Waals surface area contributed by atoms with Crippen molar-refractivity contribution in [3.63, 3.8) is 0 Å². The second-order valence-electron chi connectivity index (χ2n) is 3.73. The average molecular weight is 211 g/mol. The van der Waals surface area contributed by atoms with E-state index in [0.717, 1.165) is 12.4 Å². The maximum Gasteiger partial charge on any atom is 0.305 e. The predicted molar refractivity (Wildman–Crippen MR) is 55.4 cm³/mol. The Morgan fingerprint density at radius 2 is 2.07 bits per heavy atom. The second kappa shape index (κ2) is 4.18. The lowest BCUT2D eigenvalue weighted by molar-refractivity contribution is -0.385. The Balaban J connectivity index is 2.77. The number of hydrogen-bond acceptors (Lipinski definition) is 6. The van der Waals surface area contributed by atoms with Crippen LogP contribution in [0.5, 0.6) is 0 Å². The van der Waals surface area contributed by atoms with Gasteiger partial charge in [-0.05, 0) is 13.8 Å². The molecule has 3 N–H and O–H groups in total. The first-order chi connectivity index (χ1) is 6.94. The fraction of sp³-hybridized carbons (Fsp3) is 0.500. The monoisotopic (exact) mass is 211 g/mol. The van der Waals surface area contributed by atoms with Crippen molar-refractivity contribution in [3.05, 3.63) is 22.5 Å². The highest BCUT2D eigenvalue weighted by molar-refractivity contribution is 5.32. The zero-order valence-electron chi connectivity index (χ0n) is 8.60. The van der Waals surface area contributed by atoms with E-state index in [0.29, 0.717) is 12.5 Å². The third-order valence-electron chi connectivity index (χ3n) is 1.81. The highest BCUT2D eigenvalue weighted by Gasteiger charge is 2.16. The van der Waals surface area contributed by atoms with E-state index in [4.69, 9.17) is 5.73 Å². The third-order valence-corrected chi connectivity index (χ3v) is 1.81. The van der Waals surface area contributed by atoms with E-state index in [2.05, 4.69) is 15.3 Å².